The number of benzene rings is 2. The van der Waals surface area contributed by atoms with Gasteiger partial charge in [-0.2, -0.15) is 0 Å². The molecule has 0 spiro atoms. The first-order valence-corrected chi connectivity index (χ1v) is 8.51. The number of aromatic nitrogens is 3. The van der Waals surface area contributed by atoms with Gasteiger partial charge in [-0.25, -0.2) is 9.97 Å². The first-order valence-electron chi connectivity index (χ1n) is 8.51. The van der Waals surface area contributed by atoms with Crippen LogP contribution in [-0.2, 0) is 11.3 Å². The van der Waals surface area contributed by atoms with Gasteiger partial charge in [0.05, 0.1) is 22.7 Å². The van der Waals surface area contributed by atoms with Gasteiger partial charge in [0.2, 0.25) is 0 Å². The molecule has 0 atom stereocenters. The Morgan fingerprint density at radius 3 is 2.50 bits per heavy atom. The van der Waals surface area contributed by atoms with Gasteiger partial charge >= 0.3 is 0 Å². The van der Waals surface area contributed by atoms with Gasteiger partial charge in [-0.1, -0.05) is 36.4 Å². The van der Waals surface area contributed by atoms with Gasteiger partial charge in [-0.05, 0) is 24.3 Å². The molecule has 2 aromatic heterocycles. The Kier molecular flexibility index (Phi) is 4.51. The lowest BCUT2D eigenvalue weighted by Crippen LogP contribution is -2.44. The number of hydrogen-bond acceptors (Lipinski definition) is 5. The van der Waals surface area contributed by atoms with Crippen LogP contribution in [0, 0.1) is 0 Å². The smallest absolute Gasteiger partial charge is 0.288 e. The predicted molar refractivity (Wildman–Crippen MR) is 103 cm³/mol. The van der Waals surface area contributed by atoms with E-state index < -0.39 is 11.8 Å². The second-order valence-corrected chi connectivity index (χ2v) is 6.09. The largest absolute Gasteiger partial charge is 0.289 e. The molecule has 2 heterocycles. The summed E-state index contributed by atoms with van der Waals surface area (Å²) in [6.45, 7) is -0.276. The number of nitrogens with one attached hydrogen (secondary N) is 2. The molecule has 0 saturated heterocycles. The van der Waals surface area contributed by atoms with Gasteiger partial charge in [0.15, 0.2) is 0 Å². The van der Waals surface area contributed by atoms with Gasteiger partial charge in [0.1, 0.15) is 12.2 Å². The average molecular weight is 373 g/mol. The molecule has 8 nitrogen and oxygen atoms in total. The van der Waals surface area contributed by atoms with Crippen molar-refractivity contribution in [1.29, 1.82) is 0 Å². The molecule has 2 N–H and O–H groups in total. The maximum atomic E-state index is 12.4. The molecular weight excluding hydrogens is 358 g/mol. The monoisotopic (exact) mass is 373 g/mol. The second kappa shape index (κ2) is 7.28. The van der Waals surface area contributed by atoms with Crippen molar-refractivity contribution in [3.63, 3.8) is 0 Å². The third-order valence-corrected chi connectivity index (χ3v) is 4.19. The van der Waals surface area contributed by atoms with Crippen LogP contribution in [0.4, 0.5) is 0 Å². The molecule has 0 aliphatic rings. The molecule has 0 unspecified atom stereocenters. The highest BCUT2D eigenvalue weighted by molar-refractivity contribution is 5.95. The molecule has 28 heavy (non-hydrogen) atoms. The third-order valence-electron chi connectivity index (χ3n) is 4.19. The first-order chi connectivity index (χ1) is 13.6. The van der Waals surface area contributed by atoms with Gasteiger partial charge < -0.3 is 0 Å². The van der Waals surface area contributed by atoms with Crippen molar-refractivity contribution in [3.8, 4) is 0 Å². The van der Waals surface area contributed by atoms with Crippen LogP contribution in [0.1, 0.15) is 10.5 Å². The zero-order chi connectivity index (χ0) is 19.5. The van der Waals surface area contributed by atoms with Crippen molar-refractivity contribution in [2.45, 2.75) is 6.54 Å². The maximum absolute atomic E-state index is 12.4. The van der Waals surface area contributed by atoms with Crippen molar-refractivity contribution in [3.05, 3.63) is 83.0 Å². The van der Waals surface area contributed by atoms with E-state index in [1.165, 1.54) is 10.9 Å². The topological polar surface area (TPSA) is 106 Å². The van der Waals surface area contributed by atoms with Crippen molar-refractivity contribution >= 4 is 33.6 Å². The van der Waals surface area contributed by atoms with E-state index in [1.54, 1.807) is 42.5 Å². The van der Waals surface area contributed by atoms with E-state index in [1.807, 2.05) is 18.2 Å². The molecule has 0 aliphatic carbocycles. The van der Waals surface area contributed by atoms with Gasteiger partial charge in [0, 0.05) is 5.39 Å². The lowest BCUT2D eigenvalue weighted by molar-refractivity contribution is -0.122. The number of nitrogens with zero attached hydrogens (tertiary/aromatic N) is 3. The van der Waals surface area contributed by atoms with Crippen LogP contribution < -0.4 is 16.4 Å². The van der Waals surface area contributed by atoms with Gasteiger partial charge in [0.25, 0.3) is 17.4 Å². The summed E-state index contributed by atoms with van der Waals surface area (Å²) in [7, 11) is 0. The molecule has 0 bridgehead atoms. The Morgan fingerprint density at radius 1 is 0.893 bits per heavy atom. The normalized spacial score (nSPS) is 10.7. The summed E-state index contributed by atoms with van der Waals surface area (Å²) in [6.07, 6.45) is 1.30. The Hall–Kier alpha value is -4.07. The van der Waals surface area contributed by atoms with E-state index in [0.29, 0.717) is 16.4 Å². The highest BCUT2D eigenvalue weighted by atomic mass is 16.2. The fourth-order valence-electron chi connectivity index (χ4n) is 2.80. The Balaban J connectivity index is 1.43. The Morgan fingerprint density at radius 2 is 1.64 bits per heavy atom. The molecule has 2 aromatic carbocycles. The Labute approximate surface area is 158 Å². The summed E-state index contributed by atoms with van der Waals surface area (Å²) in [5.41, 5.74) is 5.66. The van der Waals surface area contributed by atoms with Gasteiger partial charge in [-0.3, -0.25) is 29.8 Å². The predicted octanol–water partition coefficient (Wildman–Crippen LogP) is 1.41. The minimum Gasteiger partial charge on any atom is -0.289 e. The van der Waals surface area contributed by atoms with Crippen molar-refractivity contribution in [2.24, 2.45) is 0 Å². The zero-order valence-corrected chi connectivity index (χ0v) is 14.6. The van der Waals surface area contributed by atoms with Crippen LogP contribution in [0.5, 0.6) is 0 Å². The van der Waals surface area contributed by atoms with E-state index in [-0.39, 0.29) is 17.8 Å². The fraction of sp³-hybridized carbons (Fsp3) is 0.0500. The van der Waals surface area contributed by atoms with Gasteiger partial charge in [-0.15, -0.1) is 0 Å². The molecule has 8 heteroatoms. The standard InChI is InChI=1S/C20H15N5O3/c26-18(11-25-12-21-16-8-4-2-6-14(16)20(25)28)23-24-19(27)17-10-9-13-5-1-3-7-15(13)22-17/h1-10,12H,11H2,(H,23,26)(H,24,27). The van der Waals surface area contributed by atoms with Crippen LogP contribution >= 0.6 is 0 Å². The van der Waals surface area contributed by atoms with Crippen LogP contribution in [-0.4, -0.2) is 26.3 Å². The molecule has 4 rings (SSSR count). The number of fused-ring (bicyclic) bond motifs is 2. The number of pyridine rings is 1. The fourth-order valence-corrected chi connectivity index (χ4v) is 2.80. The lowest BCUT2D eigenvalue weighted by Gasteiger charge is -2.09. The molecule has 4 aromatic rings. The van der Waals surface area contributed by atoms with Crippen LogP contribution in [0.2, 0.25) is 0 Å². The highest BCUT2D eigenvalue weighted by Crippen LogP contribution is 2.11. The number of carbonyl (C=O) groups is 2. The molecular formula is C20H15N5O3. The lowest BCUT2D eigenvalue weighted by atomic mass is 10.2. The summed E-state index contributed by atoms with van der Waals surface area (Å²) in [5, 5.41) is 1.33. The Bertz CT molecular complexity index is 1270. The molecule has 2 amide bonds. The SMILES string of the molecule is O=C(Cn1cnc2ccccc2c1=O)NNC(=O)c1ccc2ccccc2n1. The van der Waals surface area contributed by atoms with Crippen LogP contribution in [0.3, 0.4) is 0 Å². The third kappa shape index (κ3) is 3.43. The molecule has 0 saturated carbocycles. The number of carbonyl (C=O) groups excluding carboxylic acids is 2. The van der Waals surface area contributed by atoms with Crippen molar-refractivity contribution in [2.75, 3.05) is 0 Å². The van der Waals surface area contributed by atoms with Crippen LogP contribution in [0.15, 0.2) is 71.8 Å². The van der Waals surface area contributed by atoms with Crippen molar-refractivity contribution < 1.29 is 9.59 Å². The maximum Gasteiger partial charge on any atom is 0.288 e. The van der Waals surface area contributed by atoms with E-state index in [2.05, 4.69) is 20.8 Å². The summed E-state index contributed by atoms with van der Waals surface area (Å²) in [6, 6.07) is 17.6. The number of rotatable bonds is 3. The average Bonchev–Trinajstić information content (AvgIpc) is 2.74. The van der Waals surface area contributed by atoms with E-state index in [9.17, 15) is 14.4 Å². The zero-order valence-electron chi connectivity index (χ0n) is 14.6. The minimum absolute atomic E-state index is 0.170. The summed E-state index contributed by atoms with van der Waals surface area (Å²) >= 11 is 0. The number of hydrogen-bond donors (Lipinski definition) is 2. The number of para-hydroxylation sites is 2. The molecule has 138 valence electrons. The second-order valence-electron chi connectivity index (χ2n) is 6.09. The minimum atomic E-state index is -0.562. The summed E-state index contributed by atoms with van der Waals surface area (Å²) in [5.74, 6) is -1.11. The highest BCUT2D eigenvalue weighted by Gasteiger charge is 2.11. The molecule has 0 radical (unpaired) electrons. The summed E-state index contributed by atoms with van der Waals surface area (Å²) < 4.78 is 1.18. The quantitative estimate of drug-likeness (QED) is 0.528. The molecule has 0 aliphatic heterocycles. The van der Waals surface area contributed by atoms with E-state index >= 15 is 0 Å². The van der Waals surface area contributed by atoms with E-state index in [0.717, 1.165) is 5.39 Å². The summed E-state index contributed by atoms with van der Waals surface area (Å²) in [4.78, 5) is 45.1. The first kappa shape index (κ1) is 17.3. The molecule has 0 fully saturated rings. The number of hydrazine groups is 1. The van der Waals surface area contributed by atoms with E-state index in [4.69, 9.17) is 0 Å². The van der Waals surface area contributed by atoms with Crippen LogP contribution in [0.25, 0.3) is 21.8 Å². The van der Waals surface area contributed by atoms with Crippen molar-refractivity contribution in [1.82, 2.24) is 25.4 Å². The number of amides is 2.